The Kier molecular flexibility index (Phi) is 6.81. The summed E-state index contributed by atoms with van der Waals surface area (Å²) >= 11 is 7.58. The average Bonchev–Trinajstić information content (AvgIpc) is 3.46. The standard InChI is InChI=1S/C25H22ClNO6S/c1-4-33-15-9-7-14(8-10-15)27-22(20-6-5-11-34-20)21(24(29)25(27)30)23(28)16-12-19(32-3)17(26)13-18(16)31-2/h5-13,22,28H,4H2,1-3H3/b23-21+. The van der Waals surface area contributed by atoms with Crippen molar-refractivity contribution in [1.29, 1.82) is 0 Å². The van der Waals surface area contributed by atoms with Crippen molar-refractivity contribution >= 4 is 46.1 Å². The van der Waals surface area contributed by atoms with Gasteiger partial charge in [-0.2, -0.15) is 0 Å². The second kappa shape index (κ2) is 9.79. The van der Waals surface area contributed by atoms with Crippen LogP contribution in [0.3, 0.4) is 0 Å². The Balaban J connectivity index is 1.91. The number of thiophene rings is 1. The Hall–Kier alpha value is -3.49. The van der Waals surface area contributed by atoms with Gasteiger partial charge in [0.1, 0.15) is 29.0 Å². The Labute approximate surface area is 205 Å². The monoisotopic (exact) mass is 499 g/mol. The van der Waals surface area contributed by atoms with Gasteiger partial charge in [-0.05, 0) is 48.7 Å². The molecule has 1 amide bonds. The van der Waals surface area contributed by atoms with E-state index in [0.29, 0.717) is 18.0 Å². The minimum atomic E-state index is -0.829. The molecule has 1 aromatic heterocycles. The minimum Gasteiger partial charge on any atom is -0.507 e. The van der Waals surface area contributed by atoms with Gasteiger partial charge < -0.3 is 19.3 Å². The van der Waals surface area contributed by atoms with Crippen LogP contribution >= 0.6 is 22.9 Å². The van der Waals surface area contributed by atoms with Gasteiger partial charge in [0.05, 0.1) is 37.0 Å². The van der Waals surface area contributed by atoms with Gasteiger partial charge in [0.25, 0.3) is 11.7 Å². The largest absolute Gasteiger partial charge is 0.507 e. The molecular formula is C25H22ClNO6S. The number of aliphatic hydroxyl groups excluding tert-OH is 1. The highest BCUT2D eigenvalue weighted by atomic mass is 35.5. The zero-order chi connectivity index (χ0) is 24.4. The van der Waals surface area contributed by atoms with Crippen LogP contribution in [-0.2, 0) is 9.59 Å². The molecule has 0 bridgehead atoms. The maximum absolute atomic E-state index is 13.3. The molecule has 0 saturated carbocycles. The van der Waals surface area contributed by atoms with Gasteiger partial charge in [-0.3, -0.25) is 14.5 Å². The lowest BCUT2D eigenvalue weighted by Crippen LogP contribution is -2.29. The van der Waals surface area contributed by atoms with Crippen molar-refractivity contribution in [3.05, 3.63) is 74.9 Å². The molecule has 0 spiro atoms. The summed E-state index contributed by atoms with van der Waals surface area (Å²) < 4.78 is 16.2. The maximum atomic E-state index is 13.3. The average molecular weight is 500 g/mol. The van der Waals surface area contributed by atoms with Gasteiger partial charge in [-0.15, -0.1) is 11.3 Å². The number of hydrogen-bond donors (Lipinski definition) is 1. The first-order chi connectivity index (χ1) is 16.4. The molecule has 1 aliphatic rings. The minimum absolute atomic E-state index is 0.0518. The summed E-state index contributed by atoms with van der Waals surface area (Å²) in [5, 5.41) is 13.5. The van der Waals surface area contributed by atoms with Crippen LogP contribution in [0.15, 0.2) is 59.5 Å². The van der Waals surface area contributed by atoms with Gasteiger partial charge in [0.15, 0.2) is 0 Å². The number of carbonyl (C=O) groups excluding carboxylic acids is 2. The van der Waals surface area contributed by atoms with E-state index < -0.39 is 17.7 Å². The van der Waals surface area contributed by atoms with Crippen LogP contribution in [0.25, 0.3) is 5.76 Å². The Morgan fingerprint density at radius 1 is 1.09 bits per heavy atom. The molecule has 1 saturated heterocycles. The molecule has 1 aliphatic heterocycles. The third-order valence-corrected chi connectivity index (χ3v) is 6.63. The van der Waals surface area contributed by atoms with E-state index in [1.54, 1.807) is 24.3 Å². The van der Waals surface area contributed by atoms with E-state index in [4.69, 9.17) is 25.8 Å². The van der Waals surface area contributed by atoms with Crippen molar-refractivity contribution in [3.8, 4) is 17.2 Å². The SMILES string of the molecule is CCOc1ccc(N2C(=O)C(=O)/C(=C(/O)c3cc(OC)c(Cl)cc3OC)C2c2cccs2)cc1. The van der Waals surface area contributed by atoms with Crippen LogP contribution in [-0.4, -0.2) is 37.6 Å². The summed E-state index contributed by atoms with van der Waals surface area (Å²) in [6, 6.07) is 12.7. The van der Waals surface area contributed by atoms with Gasteiger partial charge in [0, 0.05) is 16.6 Å². The normalized spacial score (nSPS) is 17.2. The van der Waals surface area contributed by atoms with E-state index in [2.05, 4.69) is 0 Å². The number of carbonyl (C=O) groups is 2. The smallest absolute Gasteiger partial charge is 0.300 e. The molecule has 1 fully saturated rings. The number of benzene rings is 2. The van der Waals surface area contributed by atoms with E-state index in [1.165, 1.54) is 42.6 Å². The molecule has 2 aromatic carbocycles. The van der Waals surface area contributed by atoms with Crippen molar-refractivity contribution in [1.82, 2.24) is 0 Å². The summed E-state index contributed by atoms with van der Waals surface area (Å²) in [5.41, 5.74) is 0.641. The molecule has 2 heterocycles. The van der Waals surface area contributed by atoms with Crippen molar-refractivity contribution < 1.29 is 28.9 Å². The van der Waals surface area contributed by atoms with Gasteiger partial charge in [0.2, 0.25) is 0 Å². The molecule has 9 heteroatoms. The molecule has 176 valence electrons. The first kappa shape index (κ1) is 23.7. The quantitative estimate of drug-likeness (QED) is 0.264. The fourth-order valence-corrected chi connectivity index (χ4v) is 4.93. The van der Waals surface area contributed by atoms with E-state index in [1.807, 2.05) is 24.4 Å². The van der Waals surface area contributed by atoms with Gasteiger partial charge in [-0.1, -0.05) is 17.7 Å². The van der Waals surface area contributed by atoms with Crippen molar-refractivity contribution in [2.45, 2.75) is 13.0 Å². The number of ketones is 1. The van der Waals surface area contributed by atoms with E-state index >= 15 is 0 Å². The number of rotatable bonds is 7. The zero-order valence-electron chi connectivity index (χ0n) is 18.7. The zero-order valence-corrected chi connectivity index (χ0v) is 20.3. The lowest BCUT2D eigenvalue weighted by molar-refractivity contribution is -0.132. The highest BCUT2D eigenvalue weighted by Crippen LogP contribution is 2.45. The highest BCUT2D eigenvalue weighted by molar-refractivity contribution is 7.10. The van der Waals surface area contributed by atoms with Crippen molar-refractivity contribution in [2.75, 3.05) is 25.7 Å². The lowest BCUT2D eigenvalue weighted by atomic mass is 9.99. The number of anilines is 1. The van der Waals surface area contributed by atoms with Crippen LogP contribution in [0, 0.1) is 0 Å². The first-order valence-corrected chi connectivity index (χ1v) is 11.7. The third-order valence-electron chi connectivity index (χ3n) is 5.41. The second-order valence-corrected chi connectivity index (χ2v) is 8.68. The van der Waals surface area contributed by atoms with Gasteiger partial charge in [-0.25, -0.2) is 0 Å². The molecule has 4 rings (SSSR count). The molecule has 1 N–H and O–H groups in total. The van der Waals surface area contributed by atoms with Crippen molar-refractivity contribution in [3.63, 3.8) is 0 Å². The Morgan fingerprint density at radius 2 is 1.79 bits per heavy atom. The Morgan fingerprint density at radius 3 is 2.38 bits per heavy atom. The molecule has 1 atom stereocenters. The number of nitrogens with zero attached hydrogens (tertiary/aromatic N) is 1. The fraction of sp³-hybridized carbons (Fsp3) is 0.200. The first-order valence-electron chi connectivity index (χ1n) is 10.4. The topological polar surface area (TPSA) is 85.3 Å². The second-order valence-electron chi connectivity index (χ2n) is 7.30. The van der Waals surface area contributed by atoms with Crippen LogP contribution in [0.5, 0.6) is 17.2 Å². The molecule has 1 unspecified atom stereocenters. The molecule has 34 heavy (non-hydrogen) atoms. The summed E-state index contributed by atoms with van der Waals surface area (Å²) in [6.45, 7) is 2.38. The number of halogens is 1. The van der Waals surface area contributed by atoms with Crippen LogP contribution in [0.2, 0.25) is 5.02 Å². The summed E-state index contributed by atoms with van der Waals surface area (Å²) in [5.74, 6) is -0.756. The maximum Gasteiger partial charge on any atom is 0.300 e. The van der Waals surface area contributed by atoms with Crippen LogP contribution in [0.4, 0.5) is 5.69 Å². The molecule has 3 aromatic rings. The van der Waals surface area contributed by atoms with Crippen molar-refractivity contribution in [2.24, 2.45) is 0 Å². The van der Waals surface area contributed by atoms with Crippen LogP contribution in [0.1, 0.15) is 23.4 Å². The highest BCUT2D eigenvalue weighted by Gasteiger charge is 2.47. The number of ether oxygens (including phenoxy) is 3. The molecule has 7 nitrogen and oxygen atoms in total. The molecule has 0 aliphatic carbocycles. The van der Waals surface area contributed by atoms with Gasteiger partial charge >= 0.3 is 0 Å². The van der Waals surface area contributed by atoms with E-state index in [9.17, 15) is 14.7 Å². The fourth-order valence-electron chi connectivity index (χ4n) is 3.88. The molecule has 0 radical (unpaired) electrons. The van der Waals surface area contributed by atoms with E-state index in [-0.39, 0.29) is 33.4 Å². The number of methoxy groups -OCH3 is 2. The predicted molar refractivity (Wildman–Crippen MR) is 131 cm³/mol. The lowest BCUT2D eigenvalue weighted by Gasteiger charge is -2.24. The third kappa shape index (κ3) is 4.10. The number of hydrogen-bond acceptors (Lipinski definition) is 7. The number of aliphatic hydroxyl groups is 1. The Bertz CT molecular complexity index is 1250. The number of amides is 1. The molecular weight excluding hydrogens is 478 g/mol. The predicted octanol–water partition coefficient (Wildman–Crippen LogP) is 5.44. The van der Waals surface area contributed by atoms with E-state index in [0.717, 1.165) is 4.88 Å². The summed E-state index contributed by atoms with van der Waals surface area (Å²) in [7, 11) is 2.86. The van der Waals surface area contributed by atoms with Crippen LogP contribution < -0.4 is 19.1 Å². The summed E-state index contributed by atoms with van der Waals surface area (Å²) in [4.78, 5) is 28.6. The summed E-state index contributed by atoms with van der Waals surface area (Å²) in [6.07, 6.45) is 0. The number of Topliss-reactive ketones (excluding diaryl/α,β-unsaturated/α-hetero) is 1.